The number of amides is 1. The van der Waals surface area contributed by atoms with Crippen LogP contribution in [0.2, 0.25) is 5.15 Å². The van der Waals surface area contributed by atoms with Crippen molar-refractivity contribution in [3.8, 4) is 0 Å². The lowest BCUT2D eigenvalue weighted by atomic mass is 10.3. The summed E-state index contributed by atoms with van der Waals surface area (Å²) < 4.78 is 15.4. The third-order valence-electron chi connectivity index (χ3n) is 3.51. The largest absolute Gasteiger partial charge is 0.325 e. The van der Waals surface area contributed by atoms with Crippen LogP contribution < -0.4 is 10.0 Å². The summed E-state index contributed by atoms with van der Waals surface area (Å²) in [6, 6.07) is 14.1. The van der Waals surface area contributed by atoms with Gasteiger partial charge >= 0.3 is 0 Å². The number of likely N-dealkylation sites (N-methyl/N-ethyl adjacent to an activating group) is 1. The average Bonchev–Trinajstić information content (AvgIpc) is 2.61. The van der Waals surface area contributed by atoms with Crippen molar-refractivity contribution in [1.82, 2.24) is 14.9 Å². The van der Waals surface area contributed by atoms with E-state index in [1.165, 1.54) is 0 Å². The van der Waals surface area contributed by atoms with Gasteiger partial charge in [0.05, 0.1) is 22.5 Å². The maximum atomic E-state index is 12.7. The summed E-state index contributed by atoms with van der Waals surface area (Å²) in [5, 5.41) is 2.91. The molecule has 1 heterocycles. The van der Waals surface area contributed by atoms with Crippen molar-refractivity contribution >= 4 is 51.0 Å². The highest BCUT2D eigenvalue weighted by atomic mass is 35.5. The lowest BCUT2D eigenvalue weighted by molar-refractivity contribution is -0.116. The molecule has 0 saturated heterocycles. The number of rotatable bonds is 6. The Kier molecular flexibility index (Phi) is 6.00. The molecule has 0 aliphatic heterocycles. The Morgan fingerprint density at radius 1 is 1.11 bits per heavy atom. The van der Waals surface area contributed by atoms with Crippen molar-refractivity contribution in [3.63, 3.8) is 0 Å². The van der Waals surface area contributed by atoms with Crippen molar-refractivity contribution < 1.29 is 9.00 Å². The van der Waals surface area contributed by atoms with E-state index >= 15 is 0 Å². The molecule has 2 N–H and O–H groups in total. The molecule has 9 heteroatoms. The lowest BCUT2D eigenvalue weighted by Crippen LogP contribution is -2.27. The van der Waals surface area contributed by atoms with Crippen LogP contribution in [-0.2, 0) is 15.8 Å². The molecule has 140 valence electrons. The minimum Gasteiger partial charge on any atom is -0.325 e. The van der Waals surface area contributed by atoms with Crippen LogP contribution in [0.15, 0.2) is 53.4 Å². The van der Waals surface area contributed by atoms with Crippen LogP contribution in [0, 0.1) is 0 Å². The number of nitrogens with one attached hydrogen (secondary N) is 2. The fourth-order valence-electron chi connectivity index (χ4n) is 2.37. The van der Waals surface area contributed by atoms with E-state index in [0.29, 0.717) is 21.6 Å². The maximum absolute atomic E-state index is 12.7. The van der Waals surface area contributed by atoms with Crippen LogP contribution >= 0.6 is 11.6 Å². The van der Waals surface area contributed by atoms with Crippen molar-refractivity contribution in [1.29, 1.82) is 0 Å². The molecule has 2 aromatic carbocycles. The molecule has 1 amide bonds. The molecule has 3 aromatic rings. The highest BCUT2D eigenvalue weighted by molar-refractivity contribution is 7.86. The summed E-state index contributed by atoms with van der Waals surface area (Å²) in [7, 11) is 2.00. The fourth-order valence-corrected chi connectivity index (χ4v) is 3.48. The van der Waals surface area contributed by atoms with Crippen LogP contribution in [0.3, 0.4) is 0 Å². The van der Waals surface area contributed by atoms with Crippen molar-refractivity contribution in [2.45, 2.75) is 4.90 Å². The molecule has 0 spiro atoms. The number of aromatic nitrogens is 2. The first-order valence-corrected chi connectivity index (χ1v) is 9.60. The molecule has 0 aliphatic rings. The van der Waals surface area contributed by atoms with Gasteiger partial charge in [-0.15, -0.1) is 0 Å². The second-order valence-electron chi connectivity index (χ2n) is 6.04. The van der Waals surface area contributed by atoms with Gasteiger partial charge in [-0.2, -0.15) is 0 Å². The van der Waals surface area contributed by atoms with Gasteiger partial charge in [-0.1, -0.05) is 29.8 Å². The van der Waals surface area contributed by atoms with E-state index in [2.05, 4.69) is 20.0 Å². The second kappa shape index (κ2) is 8.43. The highest BCUT2D eigenvalue weighted by Crippen LogP contribution is 2.23. The van der Waals surface area contributed by atoms with Gasteiger partial charge in [0, 0.05) is 5.69 Å². The Labute approximate surface area is 164 Å². The van der Waals surface area contributed by atoms with Gasteiger partial charge in [0.1, 0.15) is 0 Å². The van der Waals surface area contributed by atoms with Gasteiger partial charge in [0.25, 0.3) is 0 Å². The summed E-state index contributed by atoms with van der Waals surface area (Å²) in [5.74, 6) is 0.0788. The predicted molar refractivity (Wildman–Crippen MR) is 108 cm³/mol. The zero-order valence-corrected chi connectivity index (χ0v) is 16.3. The molecule has 1 atom stereocenters. The zero-order chi connectivity index (χ0) is 19.4. The first-order valence-electron chi connectivity index (χ1n) is 8.08. The molecule has 7 nitrogen and oxygen atoms in total. The topological polar surface area (TPSA) is 87.2 Å². The summed E-state index contributed by atoms with van der Waals surface area (Å²) in [5.41, 5.74) is 1.86. The third-order valence-corrected chi connectivity index (χ3v) is 4.83. The number of para-hydroxylation sites is 2. The number of carbonyl (C=O) groups excluding carboxylic acids is 1. The smallest absolute Gasteiger partial charge is 0.238 e. The Morgan fingerprint density at radius 2 is 1.81 bits per heavy atom. The van der Waals surface area contributed by atoms with Crippen LogP contribution in [0.5, 0.6) is 0 Å². The molecule has 0 bridgehead atoms. The fraction of sp³-hybridized carbons (Fsp3) is 0.167. The van der Waals surface area contributed by atoms with E-state index < -0.39 is 11.0 Å². The molecule has 0 aliphatic carbocycles. The molecular weight excluding hydrogens is 386 g/mol. The number of benzene rings is 2. The molecule has 27 heavy (non-hydrogen) atoms. The number of nitrogens with zero attached hydrogens (tertiary/aromatic N) is 3. The Bertz CT molecular complexity index is 1010. The molecule has 0 saturated carbocycles. The Morgan fingerprint density at radius 3 is 2.52 bits per heavy atom. The number of hydrogen-bond acceptors (Lipinski definition) is 5. The first kappa shape index (κ1) is 19.2. The van der Waals surface area contributed by atoms with Gasteiger partial charge in [0.15, 0.2) is 22.0 Å². The van der Waals surface area contributed by atoms with E-state index in [9.17, 15) is 9.00 Å². The monoisotopic (exact) mass is 403 g/mol. The minimum atomic E-state index is -1.62. The second-order valence-corrected chi connectivity index (χ2v) is 7.61. The zero-order valence-electron chi connectivity index (χ0n) is 14.8. The van der Waals surface area contributed by atoms with Crippen LogP contribution in [0.25, 0.3) is 11.0 Å². The van der Waals surface area contributed by atoms with E-state index in [1.54, 1.807) is 41.3 Å². The van der Waals surface area contributed by atoms with Gasteiger partial charge in [0.2, 0.25) is 5.91 Å². The van der Waals surface area contributed by atoms with Gasteiger partial charge in [-0.3, -0.25) is 9.52 Å². The van der Waals surface area contributed by atoms with Crippen molar-refractivity contribution in [3.05, 3.63) is 53.7 Å². The van der Waals surface area contributed by atoms with E-state index in [1.807, 2.05) is 26.2 Å². The maximum Gasteiger partial charge on any atom is 0.238 e. The molecule has 0 fully saturated rings. The molecule has 0 radical (unpaired) electrons. The lowest BCUT2D eigenvalue weighted by Gasteiger charge is -2.11. The number of anilines is 2. The summed E-state index contributed by atoms with van der Waals surface area (Å²) in [4.78, 5) is 22.7. The van der Waals surface area contributed by atoms with E-state index in [4.69, 9.17) is 11.6 Å². The van der Waals surface area contributed by atoms with E-state index in [-0.39, 0.29) is 23.4 Å². The first-order chi connectivity index (χ1) is 12.9. The van der Waals surface area contributed by atoms with Crippen molar-refractivity contribution in [2.24, 2.45) is 0 Å². The molecule has 1 unspecified atom stereocenters. The molecule has 1 aromatic heterocycles. The number of halogens is 1. The number of carbonyl (C=O) groups is 1. The van der Waals surface area contributed by atoms with Crippen LogP contribution in [0.4, 0.5) is 11.5 Å². The summed E-state index contributed by atoms with van der Waals surface area (Å²) in [6.07, 6.45) is 0. The minimum absolute atomic E-state index is 0.137. The normalized spacial score (nSPS) is 12.1. The third kappa shape index (κ3) is 5.00. The van der Waals surface area contributed by atoms with Crippen LogP contribution in [-0.4, -0.2) is 45.6 Å². The highest BCUT2D eigenvalue weighted by Gasteiger charge is 2.12. The SMILES string of the molecule is CN(C)CC(=O)Nc1cccc(S(=O)Nc2nc3ccccc3nc2Cl)c1. The van der Waals surface area contributed by atoms with E-state index in [0.717, 1.165) is 0 Å². The van der Waals surface area contributed by atoms with Gasteiger partial charge < -0.3 is 10.2 Å². The standard InChI is InChI=1S/C18H18ClN5O2S/c1-24(2)11-16(25)20-12-6-5-7-13(10-12)27(26)23-18-17(19)21-14-8-3-4-9-15(14)22-18/h3-10H,11H2,1-2H3,(H,20,25)(H,22,23). The predicted octanol–water partition coefficient (Wildman–Crippen LogP) is 2.92. The molecular formula is C18H18ClN5O2S. The van der Waals surface area contributed by atoms with Gasteiger partial charge in [-0.25, -0.2) is 14.2 Å². The van der Waals surface area contributed by atoms with Crippen molar-refractivity contribution in [2.75, 3.05) is 30.7 Å². The van der Waals surface area contributed by atoms with Crippen LogP contribution in [0.1, 0.15) is 0 Å². The summed E-state index contributed by atoms with van der Waals surface area (Å²) >= 11 is 6.15. The summed E-state index contributed by atoms with van der Waals surface area (Å²) in [6.45, 7) is 0.258. The Balaban J connectivity index is 1.77. The Hall–Kier alpha value is -2.55. The number of hydrogen-bond donors (Lipinski definition) is 2. The quantitative estimate of drug-likeness (QED) is 0.660. The number of fused-ring (bicyclic) bond motifs is 1. The molecule has 3 rings (SSSR count). The van der Waals surface area contributed by atoms with Gasteiger partial charge in [-0.05, 0) is 44.4 Å². The average molecular weight is 404 g/mol.